The van der Waals surface area contributed by atoms with Gasteiger partial charge in [-0.05, 0) is 43.5 Å². The zero-order valence-electron chi connectivity index (χ0n) is 16.0. The maximum absolute atomic E-state index is 12.9. The number of non-ortho nitro benzene ring substituents is 1. The lowest BCUT2D eigenvalue weighted by molar-refractivity contribution is -0.384. The van der Waals surface area contributed by atoms with Crippen molar-refractivity contribution in [3.8, 4) is 0 Å². The van der Waals surface area contributed by atoms with Gasteiger partial charge in [0.05, 0.1) is 16.9 Å². The molecule has 0 fully saturated rings. The predicted octanol–water partition coefficient (Wildman–Crippen LogP) is 2.64. The minimum absolute atomic E-state index is 0.0377. The molecule has 2 aromatic rings. The smallest absolute Gasteiger partial charge is 0.271 e. The van der Waals surface area contributed by atoms with E-state index in [0.717, 1.165) is 22.2 Å². The van der Waals surface area contributed by atoms with Crippen LogP contribution in [0.15, 0.2) is 48.5 Å². The number of carbonyl (C=O) groups excluding carboxylic acids is 1. The fourth-order valence-electron chi connectivity index (χ4n) is 2.86. The van der Waals surface area contributed by atoms with Gasteiger partial charge in [-0.3, -0.25) is 19.2 Å². The Morgan fingerprint density at radius 2 is 1.90 bits per heavy atom. The Morgan fingerprint density at radius 1 is 1.24 bits per heavy atom. The average Bonchev–Trinajstić information content (AvgIpc) is 2.65. The molecular formula is C19H22FN3O5S. The van der Waals surface area contributed by atoms with Gasteiger partial charge in [-0.25, -0.2) is 12.8 Å². The molecule has 0 radical (unpaired) electrons. The maximum atomic E-state index is 12.9. The van der Waals surface area contributed by atoms with Crippen LogP contribution >= 0.6 is 0 Å². The van der Waals surface area contributed by atoms with Gasteiger partial charge in [-0.15, -0.1) is 0 Å². The monoisotopic (exact) mass is 423 g/mol. The van der Waals surface area contributed by atoms with Crippen LogP contribution in [0.3, 0.4) is 0 Å². The Labute approximate surface area is 168 Å². The molecule has 0 aromatic heterocycles. The van der Waals surface area contributed by atoms with Crippen LogP contribution in [0.1, 0.15) is 18.9 Å². The van der Waals surface area contributed by atoms with Crippen molar-refractivity contribution in [3.05, 3.63) is 70.0 Å². The molecule has 0 bridgehead atoms. The number of carbonyl (C=O) groups is 1. The van der Waals surface area contributed by atoms with E-state index in [-0.39, 0.29) is 17.2 Å². The lowest BCUT2D eigenvalue weighted by Gasteiger charge is -2.28. The lowest BCUT2D eigenvalue weighted by Crippen LogP contribution is -2.48. The van der Waals surface area contributed by atoms with Gasteiger partial charge in [0.2, 0.25) is 15.9 Å². The summed E-state index contributed by atoms with van der Waals surface area (Å²) < 4.78 is 38.3. The van der Waals surface area contributed by atoms with Crippen molar-refractivity contribution in [3.63, 3.8) is 0 Å². The van der Waals surface area contributed by atoms with Crippen molar-refractivity contribution < 1.29 is 22.5 Å². The van der Waals surface area contributed by atoms with Gasteiger partial charge in [0.1, 0.15) is 11.9 Å². The van der Waals surface area contributed by atoms with Gasteiger partial charge in [0.25, 0.3) is 5.69 Å². The molecule has 10 heteroatoms. The Bertz CT molecular complexity index is 980. The van der Waals surface area contributed by atoms with E-state index < -0.39 is 26.9 Å². The van der Waals surface area contributed by atoms with E-state index in [0.29, 0.717) is 19.4 Å². The Balaban J connectivity index is 2.04. The van der Waals surface area contributed by atoms with Gasteiger partial charge in [0.15, 0.2) is 0 Å². The Morgan fingerprint density at radius 3 is 2.48 bits per heavy atom. The number of nitrogens with one attached hydrogen (secondary N) is 1. The lowest BCUT2D eigenvalue weighted by atomic mass is 10.1. The fourth-order valence-corrected chi connectivity index (χ4v) is 4.02. The molecule has 0 spiro atoms. The highest BCUT2D eigenvalue weighted by molar-refractivity contribution is 7.92. The first-order valence-electron chi connectivity index (χ1n) is 8.85. The first kappa shape index (κ1) is 22.3. The Kier molecular flexibility index (Phi) is 7.27. The molecule has 8 nitrogen and oxygen atoms in total. The second kappa shape index (κ2) is 9.46. The summed E-state index contributed by atoms with van der Waals surface area (Å²) >= 11 is 0. The van der Waals surface area contributed by atoms with Crippen LogP contribution in [0.2, 0.25) is 0 Å². The summed E-state index contributed by atoms with van der Waals surface area (Å²) in [6.45, 7) is 1.71. The summed E-state index contributed by atoms with van der Waals surface area (Å²) in [7, 11) is -3.87. The van der Waals surface area contributed by atoms with E-state index >= 15 is 0 Å². The van der Waals surface area contributed by atoms with E-state index in [9.17, 15) is 27.7 Å². The highest BCUT2D eigenvalue weighted by atomic mass is 32.2. The van der Waals surface area contributed by atoms with Gasteiger partial charge >= 0.3 is 0 Å². The molecule has 2 aromatic carbocycles. The predicted molar refractivity (Wildman–Crippen MR) is 108 cm³/mol. The van der Waals surface area contributed by atoms with Crippen LogP contribution in [-0.4, -0.2) is 38.1 Å². The van der Waals surface area contributed by atoms with Gasteiger partial charge < -0.3 is 5.32 Å². The number of rotatable bonds is 9. The van der Waals surface area contributed by atoms with Crippen LogP contribution in [-0.2, 0) is 21.2 Å². The number of anilines is 1. The number of halogens is 1. The molecule has 0 aliphatic rings. The molecule has 0 saturated carbocycles. The van der Waals surface area contributed by atoms with E-state index in [1.807, 2.05) is 0 Å². The second-order valence-electron chi connectivity index (χ2n) is 6.53. The number of aryl methyl sites for hydroxylation is 1. The molecule has 0 unspecified atom stereocenters. The van der Waals surface area contributed by atoms with Crippen molar-refractivity contribution in [1.29, 1.82) is 0 Å². The van der Waals surface area contributed by atoms with Gasteiger partial charge in [-0.1, -0.05) is 18.2 Å². The van der Waals surface area contributed by atoms with Crippen molar-refractivity contribution >= 4 is 27.3 Å². The molecule has 1 atom stereocenters. The van der Waals surface area contributed by atoms with Crippen LogP contribution in [0.25, 0.3) is 0 Å². The molecule has 1 amide bonds. The Hall–Kier alpha value is -3.01. The molecule has 0 heterocycles. The number of hydrogen-bond acceptors (Lipinski definition) is 5. The SMILES string of the molecule is C[C@H](C(=O)NCCCc1ccc(F)cc1)N(c1cccc([N+](=O)[O-])c1)S(C)(=O)=O. The van der Waals surface area contributed by atoms with Crippen molar-refractivity contribution in [2.45, 2.75) is 25.8 Å². The highest BCUT2D eigenvalue weighted by Gasteiger charge is 2.29. The molecule has 1 N–H and O–H groups in total. The van der Waals surface area contributed by atoms with E-state index in [1.54, 1.807) is 12.1 Å². The number of benzene rings is 2. The summed E-state index contributed by atoms with van der Waals surface area (Å²) in [5.41, 5.74) is 0.682. The first-order chi connectivity index (χ1) is 13.6. The van der Waals surface area contributed by atoms with Crippen LogP contribution in [0.5, 0.6) is 0 Å². The van der Waals surface area contributed by atoms with Gasteiger partial charge in [-0.2, -0.15) is 0 Å². The van der Waals surface area contributed by atoms with E-state index in [1.165, 1.54) is 37.3 Å². The molecular weight excluding hydrogens is 401 g/mol. The van der Waals surface area contributed by atoms with Crippen LogP contribution in [0, 0.1) is 15.9 Å². The average molecular weight is 423 g/mol. The first-order valence-corrected chi connectivity index (χ1v) is 10.7. The number of nitrogens with zero attached hydrogens (tertiary/aromatic N) is 2. The third-order valence-corrected chi connectivity index (χ3v) is 5.48. The number of sulfonamides is 1. The quantitative estimate of drug-likeness (QED) is 0.379. The summed E-state index contributed by atoms with van der Waals surface area (Å²) in [5, 5.41) is 13.6. The highest BCUT2D eigenvalue weighted by Crippen LogP contribution is 2.25. The summed E-state index contributed by atoms with van der Waals surface area (Å²) in [5.74, 6) is -0.848. The summed E-state index contributed by atoms with van der Waals surface area (Å²) in [6, 6.07) is 10.0. The number of amides is 1. The van der Waals surface area contributed by atoms with Crippen LogP contribution in [0.4, 0.5) is 15.8 Å². The second-order valence-corrected chi connectivity index (χ2v) is 8.39. The third kappa shape index (κ3) is 6.24. The van der Waals surface area contributed by atoms with E-state index in [4.69, 9.17) is 0 Å². The van der Waals surface area contributed by atoms with Gasteiger partial charge in [0, 0.05) is 18.7 Å². The number of hydrogen-bond donors (Lipinski definition) is 1. The molecule has 156 valence electrons. The number of nitro benzene ring substituents is 1. The molecule has 2 rings (SSSR count). The number of nitro groups is 1. The standard InChI is InChI=1S/C19H22FN3O5S/c1-14(19(24)21-12-4-5-15-8-10-16(20)11-9-15)22(29(2,27)28)17-6-3-7-18(13-17)23(25)26/h3,6-11,13-14H,4-5,12H2,1-2H3,(H,21,24)/t14-/m1/s1. The minimum atomic E-state index is -3.87. The van der Waals surface area contributed by atoms with Crippen molar-refractivity contribution in [2.24, 2.45) is 0 Å². The molecule has 29 heavy (non-hydrogen) atoms. The van der Waals surface area contributed by atoms with E-state index in [2.05, 4.69) is 5.32 Å². The summed E-state index contributed by atoms with van der Waals surface area (Å²) in [6.07, 6.45) is 2.14. The topological polar surface area (TPSA) is 110 Å². The molecule has 0 aliphatic heterocycles. The summed E-state index contributed by atoms with van der Waals surface area (Å²) in [4.78, 5) is 22.8. The maximum Gasteiger partial charge on any atom is 0.271 e. The molecule has 0 saturated heterocycles. The van der Waals surface area contributed by atoms with Crippen LogP contribution < -0.4 is 9.62 Å². The largest absolute Gasteiger partial charge is 0.354 e. The third-order valence-electron chi connectivity index (χ3n) is 4.24. The zero-order valence-corrected chi connectivity index (χ0v) is 16.9. The zero-order chi connectivity index (χ0) is 21.6. The molecule has 0 aliphatic carbocycles. The van der Waals surface area contributed by atoms with Crippen molar-refractivity contribution in [2.75, 3.05) is 17.1 Å². The minimum Gasteiger partial charge on any atom is -0.354 e. The normalized spacial score (nSPS) is 12.2. The van der Waals surface area contributed by atoms with Crippen molar-refractivity contribution in [1.82, 2.24) is 5.32 Å². The fraction of sp³-hybridized carbons (Fsp3) is 0.316.